The molecule has 0 aromatic heterocycles. The maximum atomic E-state index is 10.7. The van der Waals surface area contributed by atoms with Crippen molar-refractivity contribution in [3.63, 3.8) is 0 Å². The van der Waals surface area contributed by atoms with Gasteiger partial charge in [0.1, 0.15) is 0 Å². The van der Waals surface area contributed by atoms with Crippen LogP contribution in [0, 0.1) is 0 Å². The van der Waals surface area contributed by atoms with Gasteiger partial charge in [-0.1, -0.05) is 0 Å². The second-order valence-electron chi connectivity index (χ2n) is 4.58. The second kappa shape index (κ2) is 14.1. The molecule has 0 unspecified atom stereocenters. The summed E-state index contributed by atoms with van der Waals surface area (Å²) in [5.74, 6) is -2.15. The van der Waals surface area contributed by atoms with Crippen molar-refractivity contribution in [3.8, 4) is 0 Å². The number of amides is 2. The SMILES string of the molecule is C1COCCO1.CN(C)C(=O)N(C)C.O=C(O)CCC(=O)O. The monoisotopic (exact) mass is 322 g/mol. The first-order valence-electron chi connectivity index (χ1n) is 6.66. The molecule has 0 aliphatic carbocycles. The van der Waals surface area contributed by atoms with Gasteiger partial charge in [0.15, 0.2) is 0 Å². The van der Waals surface area contributed by atoms with E-state index in [9.17, 15) is 14.4 Å². The fourth-order valence-corrected chi connectivity index (χ4v) is 1.05. The molecular formula is C13H26N2O7. The zero-order valence-electron chi connectivity index (χ0n) is 13.6. The van der Waals surface area contributed by atoms with Crippen LogP contribution in [0.25, 0.3) is 0 Å². The van der Waals surface area contributed by atoms with Crippen LogP contribution < -0.4 is 0 Å². The third-order valence-corrected chi connectivity index (χ3v) is 2.06. The van der Waals surface area contributed by atoms with Crippen LogP contribution in [0.3, 0.4) is 0 Å². The largest absolute Gasteiger partial charge is 0.481 e. The van der Waals surface area contributed by atoms with Gasteiger partial charge in [0.05, 0.1) is 39.3 Å². The summed E-state index contributed by atoms with van der Waals surface area (Å²) in [5, 5.41) is 15.8. The number of nitrogens with zero attached hydrogens (tertiary/aromatic N) is 2. The Morgan fingerprint density at radius 2 is 1.05 bits per heavy atom. The van der Waals surface area contributed by atoms with Gasteiger partial charge in [0.2, 0.25) is 0 Å². The molecule has 0 aromatic carbocycles. The lowest BCUT2D eigenvalue weighted by Crippen LogP contribution is -2.33. The highest BCUT2D eigenvalue weighted by atomic mass is 16.6. The number of carbonyl (C=O) groups excluding carboxylic acids is 1. The van der Waals surface area contributed by atoms with Gasteiger partial charge in [0, 0.05) is 28.2 Å². The van der Waals surface area contributed by atoms with E-state index in [1.165, 1.54) is 9.80 Å². The molecule has 2 N–H and O–H groups in total. The Morgan fingerprint density at radius 1 is 0.773 bits per heavy atom. The Balaban J connectivity index is 0. The summed E-state index contributed by atoms with van der Waals surface area (Å²) in [4.78, 5) is 33.0. The quantitative estimate of drug-likeness (QED) is 0.762. The van der Waals surface area contributed by atoms with Crippen molar-refractivity contribution in [2.45, 2.75) is 12.8 Å². The standard InChI is InChI=1S/C5H12N2O.C4H6O4.C4H8O2/c1-6(2)5(8)7(3)4;5-3(6)1-2-4(7)8;1-2-6-4-3-5-1/h1-4H3;1-2H2,(H,5,6)(H,7,8);1-4H2. The fourth-order valence-electron chi connectivity index (χ4n) is 1.05. The first-order chi connectivity index (χ1) is 10.2. The predicted octanol–water partition coefficient (Wildman–Crippen LogP) is 0.199. The van der Waals surface area contributed by atoms with Crippen LogP contribution >= 0.6 is 0 Å². The number of carboxylic acid groups (broad SMARTS) is 2. The predicted molar refractivity (Wildman–Crippen MR) is 78.9 cm³/mol. The highest BCUT2D eigenvalue weighted by molar-refractivity contribution is 5.75. The Morgan fingerprint density at radius 3 is 1.14 bits per heavy atom. The van der Waals surface area contributed by atoms with Crippen molar-refractivity contribution < 1.29 is 34.1 Å². The molecule has 1 aliphatic rings. The average molecular weight is 322 g/mol. The first-order valence-corrected chi connectivity index (χ1v) is 6.66. The van der Waals surface area contributed by atoms with Crippen LogP contribution in [-0.2, 0) is 19.1 Å². The third-order valence-electron chi connectivity index (χ3n) is 2.06. The summed E-state index contributed by atoms with van der Waals surface area (Å²) in [6, 6.07) is 0.0185. The maximum Gasteiger partial charge on any atom is 0.318 e. The molecule has 1 rings (SSSR count). The molecule has 1 heterocycles. The Hall–Kier alpha value is -1.87. The average Bonchev–Trinajstić information content (AvgIpc) is 2.47. The summed E-state index contributed by atoms with van der Waals surface area (Å²) in [6.45, 7) is 3.11. The molecular weight excluding hydrogens is 296 g/mol. The van der Waals surface area contributed by atoms with Gasteiger partial charge < -0.3 is 29.5 Å². The van der Waals surface area contributed by atoms with E-state index in [0.717, 1.165) is 26.4 Å². The molecule has 9 nitrogen and oxygen atoms in total. The fraction of sp³-hybridized carbons (Fsp3) is 0.769. The minimum absolute atomic E-state index is 0.0185. The van der Waals surface area contributed by atoms with E-state index in [0.29, 0.717) is 0 Å². The van der Waals surface area contributed by atoms with E-state index in [1.807, 2.05) is 0 Å². The number of rotatable bonds is 3. The van der Waals surface area contributed by atoms with Gasteiger partial charge in [-0.25, -0.2) is 4.79 Å². The molecule has 9 heteroatoms. The van der Waals surface area contributed by atoms with Crippen LogP contribution in [-0.4, -0.2) is 92.6 Å². The number of ether oxygens (including phenoxy) is 2. The highest BCUT2D eigenvalue weighted by Crippen LogP contribution is 1.86. The van der Waals surface area contributed by atoms with E-state index in [2.05, 4.69) is 0 Å². The van der Waals surface area contributed by atoms with E-state index >= 15 is 0 Å². The molecule has 22 heavy (non-hydrogen) atoms. The summed E-state index contributed by atoms with van der Waals surface area (Å²) in [5.41, 5.74) is 0. The van der Waals surface area contributed by atoms with Crippen molar-refractivity contribution in [1.82, 2.24) is 9.80 Å². The van der Waals surface area contributed by atoms with Gasteiger partial charge in [-0.15, -0.1) is 0 Å². The molecule has 1 fully saturated rings. The van der Waals surface area contributed by atoms with Gasteiger partial charge in [-0.05, 0) is 0 Å². The molecule has 0 spiro atoms. The molecule has 1 aliphatic heterocycles. The molecule has 0 radical (unpaired) electrons. The summed E-state index contributed by atoms with van der Waals surface area (Å²) in [7, 11) is 6.90. The molecule has 0 bridgehead atoms. The Kier molecular flexibility index (Phi) is 14.3. The van der Waals surface area contributed by atoms with E-state index in [4.69, 9.17) is 19.7 Å². The van der Waals surface area contributed by atoms with E-state index in [-0.39, 0.29) is 18.9 Å². The zero-order chi connectivity index (χ0) is 17.5. The Labute approximate surface area is 130 Å². The molecule has 2 amide bonds. The van der Waals surface area contributed by atoms with Gasteiger partial charge in [0.25, 0.3) is 0 Å². The van der Waals surface area contributed by atoms with Gasteiger partial charge in [-0.2, -0.15) is 0 Å². The zero-order valence-corrected chi connectivity index (χ0v) is 13.6. The third kappa shape index (κ3) is 18.1. The lowest BCUT2D eigenvalue weighted by atomic mass is 10.3. The highest BCUT2D eigenvalue weighted by Gasteiger charge is 2.02. The lowest BCUT2D eigenvalue weighted by Gasteiger charge is -2.16. The number of aliphatic carboxylic acids is 2. The first kappa shape index (κ1) is 22.4. The van der Waals surface area contributed by atoms with E-state index in [1.54, 1.807) is 28.2 Å². The number of carbonyl (C=O) groups is 3. The van der Waals surface area contributed by atoms with Crippen molar-refractivity contribution in [2.75, 3.05) is 54.6 Å². The van der Waals surface area contributed by atoms with E-state index < -0.39 is 11.9 Å². The molecule has 0 aromatic rings. The van der Waals surface area contributed by atoms with Crippen molar-refractivity contribution in [3.05, 3.63) is 0 Å². The van der Waals surface area contributed by atoms with Crippen LogP contribution in [0.15, 0.2) is 0 Å². The normalized spacial score (nSPS) is 12.7. The minimum atomic E-state index is -1.08. The Bertz CT molecular complexity index is 293. The second-order valence-corrected chi connectivity index (χ2v) is 4.58. The van der Waals surface area contributed by atoms with Crippen LogP contribution in [0.4, 0.5) is 4.79 Å². The smallest absolute Gasteiger partial charge is 0.318 e. The molecule has 0 saturated carbocycles. The van der Waals surface area contributed by atoms with Gasteiger partial charge in [-0.3, -0.25) is 9.59 Å². The number of hydrogen-bond acceptors (Lipinski definition) is 5. The number of carboxylic acids is 2. The van der Waals surface area contributed by atoms with Crippen molar-refractivity contribution >= 4 is 18.0 Å². The van der Waals surface area contributed by atoms with Crippen LogP contribution in [0.5, 0.6) is 0 Å². The molecule has 1 saturated heterocycles. The van der Waals surface area contributed by atoms with Crippen molar-refractivity contribution in [1.29, 1.82) is 0 Å². The minimum Gasteiger partial charge on any atom is -0.481 e. The van der Waals surface area contributed by atoms with Crippen molar-refractivity contribution in [2.24, 2.45) is 0 Å². The number of urea groups is 1. The van der Waals surface area contributed by atoms with Crippen LogP contribution in [0.1, 0.15) is 12.8 Å². The maximum absolute atomic E-state index is 10.7. The summed E-state index contributed by atoms with van der Waals surface area (Å²) >= 11 is 0. The summed E-state index contributed by atoms with van der Waals surface area (Å²) in [6.07, 6.45) is -0.593. The lowest BCUT2D eigenvalue weighted by molar-refractivity contribution is -0.143. The summed E-state index contributed by atoms with van der Waals surface area (Å²) < 4.78 is 9.89. The molecule has 130 valence electrons. The van der Waals surface area contributed by atoms with Gasteiger partial charge >= 0.3 is 18.0 Å². The van der Waals surface area contributed by atoms with Crippen LogP contribution in [0.2, 0.25) is 0 Å². The number of hydrogen-bond donors (Lipinski definition) is 2. The topological polar surface area (TPSA) is 117 Å². The molecule has 0 atom stereocenters.